The lowest BCUT2D eigenvalue weighted by Gasteiger charge is -2.23. The van der Waals surface area contributed by atoms with Crippen LogP contribution >= 0.6 is 12.6 Å². The first-order chi connectivity index (χ1) is 9.15. The summed E-state index contributed by atoms with van der Waals surface area (Å²) in [6, 6.07) is 9.78. The Morgan fingerprint density at radius 2 is 2.21 bits per heavy atom. The maximum Gasteiger partial charge on any atom is 0.243 e. The summed E-state index contributed by atoms with van der Waals surface area (Å²) in [5, 5.41) is 1.64. The van der Waals surface area contributed by atoms with E-state index in [0.29, 0.717) is 19.8 Å². The van der Waals surface area contributed by atoms with Gasteiger partial charge in [0.15, 0.2) is 0 Å². The average molecular weight is 281 g/mol. The van der Waals surface area contributed by atoms with E-state index >= 15 is 0 Å². The normalized spacial score (nSPS) is 22.4. The Morgan fingerprint density at radius 1 is 1.47 bits per heavy atom. The zero-order chi connectivity index (χ0) is 13.7. The van der Waals surface area contributed by atoms with E-state index in [0.717, 1.165) is 12.0 Å². The van der Waals surface area contributed by atoms with Crippen LogP contribution in [0.5, 0.6) is 0 Å². The van der Waals surface area contributed by atoms with Crippen LogP contribution in [0.1, 0.15) is 18.9 Å². The van der Waals surface area contributed by atoms with Gasteiger partial charge in [0.1, 0.15) is 6.61 Å². The molecule has 0 aliphatic carbocycles. The van der Waals surface area contributed by atoms with E-state index in [1.54, 1.807) is 0 Å². The second-order valence-corrected chi connectivity index (χ2v) is 5.41. The van der Waals surface area contributed by atoms with Crippen molar-refractivity contribution in [1.29, 1.82) is 0 Å². The SMILES string of the molecule is CC(=O)N(C[C@H]1C[C@H](S)CO1)OCc1ccccc1. The van der Waals surface area contributed by atoms with Gasteiger partial charge in [-0.1, -0.05) is 30.3 Å². The van der Waals surface area contributed by atoms with Crippen molar-refractivity contribution in [1.82, 2.24) is 5.06 Å². The lowest BCUT2D eigenvalue weighted by Crippen LogP contribution is -2.35. The summed E-state index contributed by atoms with van der Waals surface area (Å²) in [7, 11) is 0. The molecule has 0 aromatic heterocycles. The third kappa shape index (κ3) is 4.53. The Bertz CT molecular complexity index is 412. The first kappa shape index (κ1) is 14.4. The number of carbonyl (C=O) groups excluding carboxylic acids is 1. The molecular weight excluding hydrogens is 262 g/mol. The zero-order valence-corrected chi connectivity index (χ0v) is 11.9. The van der Waals surface area contributed by atoms with Gasteiger partial charge in [-0.25, -0.2) is 5.06 Å². The fraction of sp³-hybridized carbons (Fsp3) is 0.500. The van der Waals surface area contributed by atoms with Crippen LogP contribution in [-0.4, -0.2) is 35.5 Å². The predicted octanol–water partition coefficient (Wildman–Crippen LogP) is 2.05. The van der Waals surface area contributed by atoms with Gasteiger partial charge in [0.05, 0.1) is 19.3 Å². The summed E-state index contributed by atoms with van der Waals surface area (Å²) in [5.74, 6) is -0.109. The number of hydrogen-bond acceptors (Lipinski definition) is 4. The molecule has 5 heteroatoms. The van der Waals surface area contributed by atoms with Crippen molar-refractivity contribution in [2.75, 3.05) is 13.2 Å². The summed E-state index contributed by atoms with van der Waals surface area (Å²) in [6.45, 7) is 2.98. The minimum absolute atomic E-state index is 0.0159. The molecule has 1 saturated heterocycles. The molecule has 2 rings (SSSR count). The van der Waals surface area contributed by atoms with Crippen molar-refractivity contribution >= 4 is 18.5 Å². The lowest BCUT2D eigenvalue weighted by molar-refractivity contribution is -0.196. The van der Waals surface area contributed by atoms with Crippen LogP contribution in [0.4, 0.5) is 0 Å². The van der Waals surface area contributed by atoms with E-state index in [-0.39, 0.29) is 17.3 Å². The summed E-state index contributed by atoms with van der Waals surface area (Å²) < 4.78 is 5.55. The highest BCUT2D eigenvalue weighted by Crippen LogP contribution is 2.19. The third-order valence-corrected chi connectivity index (χ3v) is 3.37. The highest BCUT2D eigenvalue weighted by atomic mass is 32.1. The van der Waals surface area contributed by atoms with Gasteiger partial charge in [-0.3, -0.25) is 9.63 Å². The summed E-state index contributed by atoms with van der Waals surface area (Å²) >= 11 is 4.37. The molecule has 1 aromatic carbocycles. The van der Waals surface area contributed by atoms with Crippen LogP contribution < -0.4 is 0 Å². The van der Waals surface area contributed by atoms with Crippen molar-refractivity contribution < 1.29 is 14.4 Å². The fourth-order valence-electron chi connectivity index (χ4n) is 2.00. The molecular formula is C14H19NO3S. The lowest BCUT2D eigenvalue weighted by atomic mass is 10.2. The molecule has 2 atom stereocenters. The molecule has 1 fully saturated rings. The summed E-state index contributed by atoms with van der Waals surface area (Å²) in [5.41, 5.74) is 1.04. The third-order valence-electron chi connectivity index (χ3n) is 3.01. The van der Waals surface area contributed by atoms with Gasteiger partial charge in [0.25, 0.3) is 0 Å². The maximum atomic E-state index is 11.6. The second kappa shape index (κ2) is 6.93. The Labute approximate surface area is 119 Å². The molecule has 1 heterocycles. The van der Waals surface area contributed by atoms with Crippen LogP contribution in [0.25, 0.3) is 0 Å². The van der Waals surface area contributed by atoms with Crippen molar-refractivity contribution in [2.45, 2.75) is 31.3 Å². The number of ether oxygens (including phenoxy) is 1. The Hall–Kier alpha value is -1.04. The highest BCUT2D eigenvalue weighted by Gasteiger charge is 2.26. The molecule has 0 N–H and O–H groups in total. The molecule has 0 radical (unpaired) electrons. The van der Waals surface area contributed by atoms with E-state index in [1.807, 2.05) is 30.3 Å². The maximum absolute atomic E-state index is 11.6. The van der Waals surface area contributed by atoms with E-state index < -0.39 is 0 Å². The second-order valence-electron chi connectivity index (χ2n) is 4.68. The van der Waals surface area contributed by atoms with Crippen molar-refractivity contribution in [2.24, 2.45) is 0 Å². The number of amides is 1. The molecule has 0 saturated carbocycles. The first-order valence-electron chi connectivity index (χ1n) is 6.40. The molecule has 1 amide bonds. The Balaban J connectivity index is 1.84. The molecule has 1 aromatic rings. The van der Waals surface area contributed by atoms with Gasteiger partial charge in [-0.2, -0.15) is 12.6 Å². The van der Waals surface area contributed by atoms with E-state index in [1.165, 1.54) is 12.0 Å². The van der Waals surface area contributed by atoms with Crippen molar-refractivity contribution in [3.05, 3.63) is 35.9 Å². The van der Waals surface area contributed by atoms with Gasteiger partial charge < -0.3 is 4.74 Å². The largest absolute Gasteiger partial charge is 0.375 e. The van der Waals surface area contributed by atoms with Crippen LogP contribution in [0, 0.1) is 0 Å². The van der Waals surface area contributed by atoms with E-state index in [2.05, 4.69) is 12.6 Å². The first-order valence-corrected chi connectivity index (χ1v) is 6.91. The van der Waals surface area contributed by atoms with Gasteiger partial charge >= 0.3 is 0 Å². The zero-order valence-electron chi connectivity index (χ0n) is 11.0. The molecule has 0 bridgehead atoms. The average Bonchev–Trinajstić information content (AvgIpc) is 2.81. The van der Waals surface area contributed by atoms with Crippen LogP contribution in [0.2, 0.25) is 0 Å². The standard InChI is InChI=1S/C14H19NO3S/c1-11(16)15(8-13-7-14(19)10-17-13)18-9-12-5-3-2-4-6-12/h2-6,13-14,19H,7-10H2,1H3/t13-,14+/m1/s1. The minimum atomic E-state index is -0.109. The quantitative estimate of drug-likeness (QED) is 0.663. The number of hydroxylamine groups is 2. The molecule has 19 heavy (non-hydrogen) atoms. The van der Waals surface area contributed by atoms with E-state index in [4.69, 9.17) is 9.57 Å². The number of rotatable bonds is 5. The van der Waals surface area contributed by atoms with Crippen molar-refractivity contribution in [3.8, 4) is 0 Å². The van der Waals surface area contributed by atoms with Gasteiger partial charge in [-0.15, -0.1) is 0 Å². The molecule has 1 aliphatic rings. The van der Waals surface area contributed by atoms with Gasteiger partial charge in [-0.05, 0) is 12.0 Å². The fourth-order valence-corrected chi connectivity index (χ4v) is 2.32. The molecule has 0 unspecified atom stereocenters. The highest BCUT2D eigenvalue weighted by molar-refractivity contribution is 7.81. The van der Waals surface area contributed by atoms with Gasteiger partial charge in [0.2, 0.25) is 5.91 Å². The predicted molar refractivity (Wildman–Crippen MR) is 75.7 cm³/mol. The van der Waals surface area contributed by atoms with Crippen LogP contribution in [0.3, 0.4) is 0 Å². The molecule has 1 aliphatic heterocycles. The molecule has 4 nitrogen and oxygen atoms in total. The number of carbonyl (C=O) groups is 1. The number of nitrogens with zero attached hydrogens (tertiary/aromatic N) is 1. The number of thiol groups is 1. The Morgan fingerprint density at radius 3 is 2.79 bits per heavy atom. The minimum Gasteiger partial charge on any atom is -0.375 e. The molecule has 0 spiro atoms. The topological polar surface area (TPSA) is 38.8 Å². The summed E-state index contributed by atoms with van der Waals surface area (Å²) in [6.07, 6.45) is 0.865. The summed E-state index contributed by atoms with van der Waals surface area (Å²) in [4.78, 5) is 17.1. The van der Waals surface area contributed by atoms with E-state index in [9.17, 15) is 4.79 Å². The van der Waals surface area contributed by atoms with Crippen LogP contribution in [0.15, 0.2) is 30.3 Å². The Kier molecular flexibility index (Phi) is 5.24. The molecule has 104 valence electrons. The smallest absolute Gasteiger partial charge is 0.243 e. The monoisotopic (exact) mass is 281 g/mol. The number of hydrogen-bond donors (Lipinski definition) is 1. The van der Waals surface area contributed by atoms with Crippen molar-refractivity contribution in [3.63, 3.8) is 0 Å². The van der Waals surface area contributed by atoms with Gasteiger partial charge in [0, 0.05) is 12.2 Å². The van der Waals surface area contributed by atoms with Crippen LogP contribution in [-0.2, 0) is 21.0 Å². The number of benzene rings is 1.